The van der Waals surface area contributed by atoms with Crippen molar-refractivity contribution in [2.24, 2.45) is 5.92 Å². The van der Waals surface area contributed by atoms with Crippen LogP contribution in [-0.2, 0) is 11.3 Å². The third-order valence-electron chi connectivity index (χ3n) is 3.10. The number of thiophene rings is 1. The van der Waals surface area contributed by atoms with Crippen molar-refractivity contribution < 1.29 is 4.79 Å². The van der Waals surface area contributed by atoms with Gasteiger partial charge in [-0.05, 0) is 30.5 Å². The molecule has 1 amide bonds. The highest BCUT2D eigenvalue weighted by Crippen LogP contribution is 2.30. The van der Waals surface area contributed by atoms with Gasteiger partial charge in [-0.1, -0.05) is 30.3 Å². The molecule has 92 valence electrons. The first-order chi connectivity index (χ1) is 8.83. The van der Waals surface area contributed by atoms with Crippen molar-refractivity contribution in [2.75, 3.05) is 0 Å². The van der Waals surface area contributed by atoms with E-state index in [0.717, 1.165) is 12.8 Å². The molecule has 3 heteroatoms. The Kier molecular flexibility index (Phi) is 3.15. The topological polar surface area (TPSA) is 29.1 Å². The van der Waals surface area contributed by atoms with E-state index in [1.807, 2.05) is 18.2 Å². The summed E-state index contributed by atoms with van der Waals surface area (Å²) in [5.74, 6) is 0.503. The van der Waals surface area contributed by atoms with Crippen LogP contribution in [0.25, 0.3) is 10.4 Å². The molecule has 2 nitrogen and oxygen atoms in total. The van der Waals surface area contributed by atoms with Crippen molar-refractivity contribution in [3.63, 3.8) is 0 Å². The van der Waals surface area contributed by atoms with E-state index in [0.29, 0.717) is 12.5 Å². The predicted octanol–water partition coefficient (Wildman–Crippen LogP) is 3.44. The summed E-state index contributed by atoms with van der Waals surface area (Å²) in [7, 11) is 0. The molecule has 2 aromatic rings. The Hall–Kier alpha value is -1.61. The lowest BCUT2D eigenvalue weighted by Gasteiger charge is -2.01. The molecule has 0 unspecified atom stereocenters. The molecule has 0 radical (unpaired) electrons. The first-order valence-electron chi connectivity index (χ1n) is 6.25. The van der Waals surface area contributed by atoms with E-state index in [2.05, 4.69) is 29.6 Å². The molecule has 3 rings (SSSR count). The standard InChI is InChI=1S/C15H15NOS/c17-15(12-6-7-12)16-10-13-8-9-14(18-13)11-4-2-1-3-5-11/h1-5,8-9,12H,6-7,10H2,(H,16,17). The maximum atomic E-state index is 11.5. The van der Waals surface area contributed by atoms with Crippen molar-refractivity contribution in [3.8, 4) is 10.4 Å². The molecule has 0 bridgehead atoms. The van der Waals surface area contributed by atoms with Gasteiger partial charge in [0, 0.05) is 15.7 Å². The van der Waals surface area contributed by atoms with Crippen LogP contribution in [0.4, 0.5) is 0 Å². The minimum absolute atomic E-state index is 0.213. The first kappa shape index (κ1) is 11.5. The monoisotopic (exact) mass is 257 g/mol. The lowest BCUT2D eigenvalue weighted by atomic mass is 10.2. The number of benzene rings is 1. The van der Waals surface area contributed by atoms with Crippen molar-refractivity contribution in [1.82, 2.24) is 5.32 Å². The Morgan fingerprint density at radius 3 is 2.67 bits per heavy atom. The number of amides is 1. The normalized spacial score (nSPS) is 14.4. The Labute approximate surface area is 111 Å². The van der Waals surface area contributed by atoms with Gasteiger partial charge in [0.1, 0.15) is 0 Å². The van der Waals surface area contributed by atoms with Crippen LogP contribution in [-0.4, -0.2) is 5.91 Å². The number of nitrogens with one attached hydrogen (secondary N) is 1. The van der Waals surface area contributed by atoms with Crippen molar-refractivity contribution in [1.29, 1.82) is 0 Å². The Bertz CT molecular complexity index is 543. The van der Waals surface area contributed by atoms with E-state index in [4.69, 9.17) is 0 Å². The van der Waals surface area contributed by atoms with Crippen molar-refractivity contribution in [2.45, 2.75) is 19.4 Å². The fourth-order valence-electron chi connectivity index (χ4n) is 1.89. The van der Waals surface area contributed by atoms with Gasteiger partial charge in [-0.15, -0.1) is 11.3 Å². The molecule has 0 spiro atoms. The summed E-state index contributed by atoms with van der Waals surface area (Å²) in [5.41, 5.74) is 1.24. The van der Waals surface area contributed by atoms with Crippen LogP contribution in [0.1, 0.15) is 17.7 Å². The van der Waals surface area contributed by atoms with E-state index in [-0.39, 0.29) is 5.91 Å². The zero-order chi connectivity index (χ0) is 12.4. The summed E-state index contributed by atoms with van der Waals surface area (Å²) in [4.78, 5) is 14.0. The zero-order valence-corrected chi connectivity index (χ0v) is 10.9. The van der Waals surface area contributed by atoms with Crippen molar-refractivity contribution >= 4 is 17.2 Å². The highest BCUT2D eigenvalue weighted by molar-refractivity contribution is 7.15. The highest BCUT2D eigenvalue weighted by atomic mass is 32.1. The summed E-state index contributed by atoms with van der Waals surface area (Å²) < 4.78 is 0. The molecule has 1 aliphatic carbocycles. The molecule has 1 saturated carbocycles. The van der Waals surface area contributed by atoms with Gasteiger partial charge in [-0.3, -0.25) is 4.79 Å². The molecule has 0 saturated heterocycles. The smallest absolute Gasteiger partial charge is 0.223 e. The number of hydrogen-bond donors (Lipinski definition) is 1. The number of carbonyl (C=O) groups is 1. The maximum Gasteiger partial charge on any atom is 0.223 e. The summed E-state index contributed by atoms with van der Waals surface area (Å²) in [5, 5.41) is 3.00. The van der Waals surface area contributed by atoms with E-state index in [9.17, 15) is 4.79 Å². The number of carbonyl (C=O) groups excluding carboxylic acids is 1. The fourth-order valence-corrected chi connectivity index (χ4v) is 2.85. The molecule has 1 N–H and O–H groups in total. The third kappa shape index (κ3) is 2.62. The summed E-state index contributed by atoms with van der Waals surface area (Å²) >= 11 is 1.75. The fraction of sp³-hybridized carbons (Fsp3) is 0.267. The number of rotatable bonds is 4. The largest absolute Gasteiger partial charge is 0.351 e. The minimum Gasteiger partial charge on any atom is -0.351 e. The maximum absolute atomic E-state index is 11.5. The first-order valence-corrected chi connectivity index (χ1v) is 7.06. The molecule has 1 heterocycles. The lowest BCUT2D eigenvalue weighted by Crippen LogP contribution is -2.23. The van der Waals surface area contributed by atoms with Crippen LogP contribution in [0, 0.1) is 5.92 Å². The van der Waals surface area contributed by atoms with E-state index >= 15 is 0 Å². The molecular formula is C15H15NOS. The minimum atomic E-state index is 0.213. The molecule has 0 aliphatic heterocycles. The summed E-state index contributed by atoms with van der Waals surface area (Å²) in [6, 6.07) is 14.6. The van der Waals surface area contributed by atoms with Crippen LogP contribution in [0.15, 0.2) is 42.5 Å². The summed E-state index contributed by atoms with van der Waals surface area (Å²) in [6.07, 6.45) is 2.12. The molecule has 1 aliphatic rings. The molecule has 1 aromatic carbocycles. The van der Waals surface area contributed by atoms with Gasteiger partial charge in [0.2, 0.25) is 5.91 Å². The van der Waals surface area contributed by atoms with Gasteiger partial charge in [-0.25, -0.2) is 0 Å². The second kappa shape index (κ2) is 4.94. The Balaban J connectivity index is 1.64. The highest BCUT2D eigenvalue weighted by Gasteiger charge is 2.29. The Morgan fingerprint density at radius 2 is 1.94 bits per heavy atom. The van der Waals surface area contributed by atoms with Crippen LogP contribution < -0.4 is 5.32 Å². The molecule has 0 atom stereocenters. The predicted molar refractivity (Wildman–Crippen MR) is 74.3 cm³/mol. The van der Waals surface area contributed by atoms with Crippen molar-refractivity contribution in [3.05, 3.63) is 47.3 Å². The van der Waals surface area contributed by atoms with Crippen LogP contribution in [0.5, 0.6) is 0 Å². The zero-order valence-electron chi connectivity index (χ0n) is 10.1. The molecule has 1 aromatic heterocycles. The van der Waals surface area contributed by atoms with Gasteiger partial charge in [0.05, 0.1) is 6.54 Å². The quantitative estimate of drug-likeness (QED) is 0.893. The number of hydrogen-bond acceptors (Lipinski definition) is 2. The molecule has 18 heavy (non-hydrogen) atoms. The Morgan fingerprint density at radius 1 is 1.17 bits per heavy atom. The van der Waals surface area contributed by atoms with Gasteiger partial charge in [-0.2, -0.15) is 0 Å². The second-order valence-corrected chi connectivity index (χ2v) is 5.79. The van der Waals surface area contributed by atoms with Gasteiger partial charge < -0.3 is 5.32 Å². The third-order valence-corrected chi connectivity index (χ3v) is 4.24. The van der Waals surface area contributed by atoms with Gasteiger partial charge >= 0.3 is 0 Å². The second-order valence-electron chi connectivity index (χ2n) is 4.62. The lowest BCUT2D eigenvalue weighted by molar-refractivity contribution is -0.122. The SMILES string of the molecule is O=C(NCc1ccc(-c2ccccc2)s1)C1CC1. The van der Waals surface area contributed by atoms with E-state index in [1.165, 1.54) is 15.3 Å². The van der Waals surface area contributed by atoms with E-state index in [1.54, 1.807) is 11.3 Å². The van der Waals surface area contributed by atoms with Gasteiger partial charge in [0.15, 0.2) is 0 Å². The average molecular weight is 257 g/mol. The average Bonchev–Trinajstić information content (AvgIpc) is 3.16. The van der Waals surface area contributed by atoms with Crippen LogP contribution >= 0.6 is 11.3 Å². The van der Waals surface area contributed by atoms with Crippen LogP contribution in [0.2, 0.25) is 0 Å². The van der Waals surface area contributed by atoms with Crippen LogP contribution in [0.3, 0.4) is 0 Å². The molecule has 1 fully saturated rings. The molecular weight excluding hydrogens is 242 g/mol. The van der Waals surface area contributed by atoms with E-state index < -0.39 is 0 Å². The summed E-state index contributed by atoms with van der Waals surface area (Å²) in [6.45, 7) is 0.660. The van der Waals surface area contributed by atoms with Gasteiger partial charge in [0.25, 0.3) is 0 Å².